The number of carbonyl (C=O) groups excluding carboxylic acids is 1. The SMILES string of the molecule is Cc1cccc(NC(=O)C(C)(C)Oc2ccc(Br)cc2)n1. The largest absolute Gasteiger partial charge is 0.478 e. The highest BCUT2D eigenvalue weighted by molar-refractivity contribution is 9.10. The Kier molecular flexibility index (Phi) is 4.63. The van der Waals surface area contributed by atoms with Crippen LogP contribution < -0.4 is 10.1 Å². The zero-order valence-electron chi connectivity index (χ0n) is 12.2. The summed E-state index contributed by atoms with van der Waals surface area (Å²) in [7, 11) is 0. The van der Waals surface area contributed by atoms with Gasteiger partial charge in [-0.3, -0.25) is 4.79 Å². The van der Waals surface area contributed by atoms with Crippen molar-refractivity contribution >= 4 is 27.7 Å². The van der Waals surface area contributed by atoms with Gasteiger partial charge in [-0.2, -0.15) is 0 Å². The number of aryl methyl sites for hydroxylation is 1. The summed E-state index contributed by atoms with van der Waals surface area (Å²) in [6.07, 6.45) is 0. The molecule has 21 heavy (non-hydrogen) atoms. The van der Waals surface area contributed by atoms with E-state index in [0.717, 1.165) is 10.2 Å². The van der Waals surface area contributed by atoms with Crippen molar-refractivity contribution in [2.75, 3.05) is 5.32 Å². The summed E-state index contributed by atoms with van der Waals surface area (Å²) in [6.45, 7) is 5.32. The second kappa shape index (κ2) is 6.26. The third-order valence-corrected chi connectivity index (χ3v) is 3.39. The van der Waals surface area contributed by atoms with Crippen LogP contribution in [0, 0.1) is 6.92 Å². The maximum absolute atomic E-state index is 12.3. The molecule has 1 N–H and O–H groups in total. The summed E-state index contributed by atoms with van der Waals surface area (Å²) in [5.41, 5.74) is -0.154. The van der Waals surface area contributed by atoms with Crippen LogP contribution >= 0.6 is 15.9 Å². The molecule has 0 saturated carbocycles. The van der Waals surface area contributed by atoms with Gasteiger partial charge in [0, 0.05) is 10.2 Å². The lowest BCUT2D eigenvalue weighted by Crippen LogP contribution is -2.42. The molecule has 0 radical (unpaired) electrons. The van der Waals surface area contributed by atoms with E-state index in [0.29, 0.717) is 11.6 Å². The lowest BCUT2D eigenvalue weighted by Gasteiger charge is -2.25. The van der Waals surface area contributed by atoms with Gasteiger partial charge in [-0.1, -0.05) is 22.0 Å². The van der Waals surface area contributed by atoms with Crippen molar-refractivity contribution in [1.82, 2.24) is 4.98 Å². The van der Waals surface area contributed by atoms with E-state index in [9.17, 15) is 4.79 Å². The van der Waals surface area contributed by atoms with E-state index in [2.05, 4.69) is 26.2 Å². The number of carbonyl (C=O) groups is 1. The molecule has 0 aliphatic carbocycles. The third kappa shape index (κ3) is 4.29. The van der Waals surface area contributed by atoms with Gasteiger partial charge in [-0.15, -0.1) is 0 Å². The smallest absolute Gasteiger partial charge is 0.269 e. The molecule has 5 heteroatoms. The quantitative estimate of drug-likeness (QED) is 0.909. The Balaban J connectivity index is 2.07. The fraction of sp³-hybridized carbons (Fsp3) is 0.250. The van der Waals surface area contributed by atoms with Crippen LogP contribution in [0.4, 0.5) is 5.82 Å². The number of ether oxygens (including phenoxy) is 1. The molecule has 0 bridgehead atoms. The molecule has 1 heterocycles. The number of pyridine rings is 1. The molecule has 0 saturated heterocycles. The maximum Gasteiger partial charge on any atom is 0.269 e. The average molecular weight is 349 g/mol. The van der Waals surface area contributed by atoms with E-state index in [1.54, 1.807) is 19.9 Å². The zero-order chi connectivity index (χ0) is 15.5. The molecule has 0 aliphatic rings. The lowest BCUT2D eigenvalue weighted by molar-refractivity contribution is -0.128. The maximum atomic E-state index is 12.3. The van der Waals surface area contributed by atoms with Gasteiger partial charge in [-0.05, 0) is 57.2 Å². The van der Waals surface area contributed by atoms with Crippen LogP contribution in [0.3, 0.4) is 0 Å². The number of benzene rings is 1. The van der Waals surface area contributed by atoms with Gasteiger partial charge < -0.3 is 10.1 Å². The van der Waals surface area contributed by atoms with Crippen LogP contribution in [-0.4, -0.2) is 16.5 Å². The Morgan fingerprint density at radius 3 is 2.48 bits per heavy atom. The van der Waals surface area contributed by atoms with Crippen molar-refractivity contribution in [3.63, 3.8) is 0 Å². The van der Waals surface area contributed by atoms with E-state index < -0.39 is 5.60 Å². The third-order valence-electron chi connectivity index (χ3n) is 2.86. The number of nitrogens with one attached hydrogen (secondary N) is 1. The molecule has 110 valence electrons. The van der Waals surface area contributed by atoms with E-state index in [1.807, 2.05) is 43.3 Å². The Hall–Kier alpha value is -1.88. The van der Waals surface area contributed by atoms with Gasteiger partial charge >= 0.3 is 0 Å². The molecule has 0 atom stereocenters. The predicted molar refractivity (Wildman–Crippen MR) is 86.5 cm³/mol. The molecule has 2 aromatic rings. The van der Waals surface area contributed by atoms with Crippen molar-refractivity contribution < 1.29 is 9.53 Å². The van der Waals surface area contributed by atoms with Gasteiger partial charge in [0.05, 0.1) is 0 Å². The Bertz CT molecular complexity index is 639. The van der Waals surface area contributed by atoms with Crippen LogP contribution in [0.2, 0.25) is 0 Å². The van der Waals surface area contributed by atoms with Crippen LogP contribution in [-0.2, 0) is 4.79 Å². The minimum atomic E-state index is -1.00. The summed E-state index contributed by atoms with van der Waals surface area (Å²) in [6, 6.07) is 12.8. The Morgan fingerprint density at radius 2 is 1.86 bits per heavy atom. The first-order chi connectivity index (χ1) is 9.87. The highest BCUT2D eigenvalue weighted by Crippen LogP contribution is 2.22. The molecule has 1 aromatic carbocycles. The van der Waals surface area contributed by atoms with Gasteiger partial charge in [0.2, 0.25) is 0 Å². The number of hydrogen-bond donors (Lipinski definition) is 1. The highest BCUT2D eigenvalue weighted by atomic mass is 79.9. The molecule has 4 nitrogen and oxygen atoms in total. The van der Waals surface area contributed by atoms with Gasteiger partial charge in [0.25, 0.3) is 5.91 Å². The average Bonchev–Trinajstić information content (AvgIpc) is 2.41. The van der Waals surface area contributed by atoms with E-state index in [4.69, 9.17) is 4.74 Å². The van der Waals surface area contributed by atoms with E-state index in [1.165, 1.54) is 0 Å². The molecule has 2 rings (SSSR count). The minimum absolute atomic E-state index is 0.247. The number of aromatic nitrogens is 1. The molecule has 0 spiro atoms. The van der Waals surface area contributed by atoms with Crippen LogP contribution in [0.15, 0.2) is 46.9 Å². The number of hydrogen-bond acceptors (Lipinski definition) is 3. The van der Waals surface area contributed by atoms with Crippen molar-refractivity contribution in [3.8, 4) is 5.75 Å². The fourth-order valence-corrected chi connectivity index (χ4v) is 1.99. The van der Waals surface area contributed by atoms with Crippen LogP contribution in [0.25, 0.3) is 0 Å². The van der Waals surface area contributed by atoms with Crippen molar-refractivity contribution in [1.29, 1.82) is 0 Å². The molecular weight excluding hydrogens is 332 g/mol. The first-order valence-corrected chi connectivity index (χ1v) is 7.36. The number of rotatable bonds is 4. The standard InChI is InChI=1S/C16H17BrN2O2/c1-11-5-4-6-14(18-11)19-15(20)16(2,3)21-13-9-7-12(17)8-10-13/h4-10H,1-3H3,(H,18,19,20). The van der Waals surface area contributed by atoms with Crippen molar-refractivity contribution in [2.24, 2.45) is 0 Å². The number of amides is 1. The lowest BCUT2D eigenvalue weighted by atomic mass is 10.1. The number of halogens is 1. The molecule has 0 unspecified atom stereocenters. The van der Waals surface area contributed by atoms with Crippen LogP contribution in [0.5, 0.6) is 5.75 Å². The summed E-state index contributed by atoms with van der Waals surface area (Å²) in [5, 5.41) is 2.77. The first kappa shape index (κ1) is 15.5. The summed E-state index contributed by atoms with van der Waals surface area (Å²) in [5.74, 6) is 0.909. The molecule has 0 aliphatic heterocycles. The van der Waals surface area contributed by atoms with Gasteiger partial charge in [-0.25, -0.2) is 4.98 Å². The molecule has 1 amide bonds. The molecule has 0 fully saturated rings. The molecular formula is C16H17BrN2O2. The Morgan fingerprint density at radius 1 is 1.19 bits per heavy atom. The minimum Gasteiger partial charge on any atom is -0.478 e. The highest BCUT2D eigenvalue weighted by Gasteiger charge is 2.30. The van der Waals surface area contributed by atoms with E-state index in [-0.39, 0.29) is 5.91 Å². The monoisotopic (exact) mass is 348 g/mol. The predicted octanol–water partition coefficient (Wildman–Crippen LogP) is 3.95. The first-order valence-electron chi connectivity index (χ1n) is 6.56. The topological polar surface area (TPSA) is 51.2 Å². The molecule has 1 aromatic heterocycles. The normalized spacial score (nSPS) is 11.0. The number of anilines is 1. The number of nitrogens with zero attached hydrogens (tertiary/aromatic N) is 1. The van der Waals surface area contributed by atoms with E-state index >= 15 is 0 Å². The summed E-state index contributed by atoms with van der Waals surface area (Å²) in [4.78, 5) is 16.6. The second-order valence-electron chi connectivity index (χ2n) is 5.18. The second-order valence-corrected chi connectivity index (χ2v) is 6.10. The van der Waals surface area contributed by atoms with Gasteiger partial charge in [0.15, 0.2) is 5.60 Å². The van der Waals surface area contributed by atoms with Crippen molar-refractivity contribution in [3.05, 3.63) is 52.6 Å². The summed E-state index contributed by atoms with van der Waals surface area (Å²) < 4.78 is 6.72. The van der Waals surface area contributed by atoms with Crippen molar-refractivity contribution in [2.45, 2.75) is 26.4 Å². The fourth-order valence-electron chi connectivity index (χ4n) is 1.72. The zero-order valence-corrected chi connectivity index (χ0v) is 13.8. The van der Waals surface area contributed by atoms with Gasteiger partial charge in [0.1, 0.15) is 11.6 Å². The Labute approximate surface area is 132 Å². The van der Waals surface area contributed by atoms with Crippen LogP contribution in [0.1, 0.15) is 19.5 Å². The summed E-state index contributed by atoms with van der Waals surface area (Å²) >= 11 is 3.36.